The van der Waals surface area contributed by atoms with Crippen LogP contribution in [0.5, 0.6) is 0 Å². The molecule has 2 atom stereocenters. The Hall–Kier alpha value is -2.91. The number of aromatic nitrogens is 2. The lowest BCUT2D eigenvalue weighted by Crippen LogP contribution is -2.46. The number of piperidine rings is 1. The maximum Gasteiger partial charge on any atom is 0.275 e. The van der Waals surface area contributed by atoms with E-state index < -0.39 is 17.5 Å². The smallest absolute Gasteiger partial charge is 0.275 e. The summed E-state index contributed by atoms with van der Waals surface area (Å²) in [6.45, 7) is 3.66. The average molecular weight is 429 g/mol. The fourth-order valence-corrected chi connectivity index (χ4v) is 4.58. The zero-order valence-electron chi connectivity index (χ0n) is 16.3. The average Bonchev–Trinajstić information content (AvgIpc) is 3.17. The number of carbonyl (C=O) groups is 1. The molecule has 0 bridgehead atoms. The zero-order valence-corrected chi connectivity index (χ0v) is 17.1. The van der Waals surface area contributed by atoms with Crippen LogP contribution in [0.3, 0.4) is 0 Å². The number of nitrogens with two attached hydrogens (primary N) is 1. The van der Waals surface area contributed by atoms with Crippen molar-refractivity contribution in [1.82, 2.24) is 9.97 Å². The van der Waals surface area contributed by atoms with E-state index in [1.165, 1.54) is 11.4 Å². The number of thiazole rings is 1. The van der Waals surface area contributed by atoms with Gasteiger partial charge in [0.2, 0.25) is 0 Å². The lowest BCUT2D eigenvalue weighted by Gasteiger charge is -2.37. The van der Waals surface area contributed by atoms with Crippen LogP contribution in [-0.4, -0.2) is 35.0 Å². The lowest BCUT2D eigenvalue weighted by atomic mass is 9.96. The molecule has 0 aliphatic carbocycles. The normalized spacial score (nSPS) is 19.0. The Morgan fingerprint density at radius 3 is 2.77 bits per heavy atom. The Balaban J connectivity index is 1.57. The number of nitrogens with one attached hydrogen (secondary N) is 1. The standard InChI is InChI=1S/C21H21F2N5OS/c1-12-7-13(24)10-28(9-12)18-5-6-25-8-16(18)26-20(29)17-11-30-21(27-17)19-14(22)3-2-4-15(19)23/h2-6,8,11-13H,7,9-10,24H2,1H3,(H,26,29)/t12-,13-/m1/s1. The molecule has 0 unspecified atom stereocenters. The van der Waals surface area contributed by atoms with Crippen LogP contribution >= 0.6 is 11.3 Å². The maximum atomic E-state index is 14.0. The van der Waals surface area contributed by atoms with Crippen LogP contribution in [0.15, 0.2) is 42.0 Å². The van der Waals surface area contributed by atoms with Crippen molar-refractivity contribution >= 4 is 28.6 Å². The van der Waals surface area contributed by atoms with Crippen molar-refractivity contribution in [1.29, 1.82) is 0 Å². The molecule has 1 aliphatic rings. The SMILES string of the molecule is C[C@@H]1C[C@@H](N)CN(c2ccncc2NC(=O)c2csc(-c3c(F)cccc3F)n2)C1. The molecule has 156 valence electrons. The number of amides is 1. The first kappa shape index (κ1) is 20.4. The Bertz CT molecular complexity index is 1040. The van der Waals surface area contributed by atoms with Crippen LogP contribution in [0.4, 0.5) is 20.2 Å². The summed E-state index contributed by atoms with van der Waals surface area (Å²) in [5, 5.41) is 4.41. The summed E-state index contributed by atoms with van der Waals surface area (Å²) in [5.41, 5.74) is 7.37. The minimum absolute atomic E-state index is 0.0576. The van der Waals surface area contributed by atoms with Gasteiger partial charge in [0.1, 0.15) is 22.3 Å². The van der Waals surface area contributed by atoms with Gasteiger partial charge in [-0.15, -0.1) is 11.3 Å². The highest BCUT2D eigenvalue weighted by molar-refractivity contribution is 7.13. The number of carbonyl (C=O) groups excluding carboxylic acids is 1. The molecule has 0 saturated carbocycles. The van der Waals surface area contributed by atoms with Crippen molar-refractivity contribution < 1.29 is 13.6 Å². The zero-order chi connectivity index (χ0) is 21.3. The molecule has 0 radical (unpaired) electrons. The monoisotopic (exact) mass is 429 g/mol. The maximum absolute atomic E-state index is 14.0. The topological polar surface area (TPSA) is 84.1 Å². The molecular formula is C21H21F2N5OS. The van der Waals surface area contributed by atoms with Gasteiger partial charge in [-0.25, -0.2) is 13.8 Å². The van der Waals surface area contributed by atoms with Crippen molar-refractivity contribution in [3.63, 3.8) is 0 Å². The molecule has 1 aliphatic heterocycles. The summed E-state index contributed by atoms with van der Waals surface area (Å²) in [5.74, 6) is -1.48. The Kier molecular flexibility index (Phi) is 5.74. The largest absolute Gasteiger partial charge is 0.368 e. The van der Waals surface area contributed by atoms with Crippen molar-refractivity contribution in [2.45, 2.75) is 19.4 Å². The fraction of sp³-hybridized carbons (Fsp3) is 0.286. The molecule has 1 saturated heterocycles. The van der Waals surface area contributed by atoms with E-state index in [-0.39, 0.29) is 22.3 Å². The summed E-state index contributed by atoms with van der Waals surface area (Å²) in [6, 6.07) is 5.49. The summed E-state index contributed by atoms with van der Waals surface area (Å²) < 4.78 is 28.0. The van der Waals surface area contributed by atoms with E-state index in [0.717, 1.165) is 42.1 Å². The van der Waals surface area contributed by atoms with E-state index in [9.17, 15) is 13.6 Å². The molecule has 2 aromatic heterocycles. The third kappa shape index (κ3) is 4.17. The quantitative estimate of drug-likeness (QED) is 0.657. The molecule has 3 heterocycles. The molecule has 3 N–H and O–H groups in total. The molecule has 0 spiro atoms. The molecule has 6 nitrogen and oxygen atoms in total. The number of rotatable bonds is 4. The second-order valence-electron chi connectivity index (χ2n) is 7.49. The van der Waals surface area contributed by atoms with Crippen LogP contribution in [0, 0.1) is 17.6 Å². The summed E-state index contributed by atoms with van der Waals surface area (Å²) >= 11 is 1.01. The van der Waals surface area contributed by atoms with Crippen LogP contribution < -0.4 is 16.0 Å². The molecular weight excluding hydrogens is 408 g/mol. The molecule has 1 fully saturated rings. The van der Waals surface area contributed by atoms with Gasteiger partial charge >= 0.3 is 0 Å². The van der Waals surface area contributed by atoms with Crippen molar-refractivity contribution in [3.05, 3.63) is 59.4 Å². The minimum atomic E-state index is -0.721. The number of hydrogen-bond acceptors (Lipinski definition) is 6. The van der Waals surface area contributed by atoms with E-state index in [1.807, 2.05) is 6.07 Å². The number of anilines is 2. The third-order valence-corrected chi connectivity index (χ3v) is 5.85. The van der Waals surface area contributed by atoms with Gasteiger partial charge in [-0.2, -0.15) is 0 Å². The minimum Gasteiger partial charge on any atom is -0.368 e. The number of pyridine rings is 1. The number of nitrogens with zero attached hydrogens (tertiary/aromatic N) is 3. The molecule has 1 amide bonds. The molecule has 4 rings (SSSR count). The first-order valence-corrected chi connectivity index (χ1v) is 10.5. The van der Waals surface area contributed by atoms with E-state index in [2.05, 4.69) is 27.1 Å². The van der Waals surface area contributed by atoms with E-state index in [4.69, 9.17) is 5.73 Å². The van der Waals surface area contributed by atoms with Crippen molar-refractivity contribution in [2.24, 2.45) is 11.7 Å². The molecule has 1 aromatic carbocycles. The second kappa shape index (κ2) is 8.45. The Morgan fingerprint density at radius 1 is 1.27 bits per heavy atom. The highest BCUT2D eigenvalue weighted by atomic mass is 32.1. The van der Waals surface area contributed by atoms with E-state index in [0.29, 0.717) is 18.2 Å². The van der Waals surface area contributed by atoms with Gasteiger partial charge in [-0.1, -0.05) is 13.0 Å². The fourth-order valence-electron chi connectivity index (χ4n) is 3.74. The van der Waals surface area contributed by atoms with Crippen LogP contribution in [0.25, 0.3) is 10.6 Å². The van der Waals surface area contributed by atoms with Gasteiger partial charge in [0, 0.05) is 30.7 Å². The van der Waals surface area contributed by atoms with E-state index >= 15 is 0 Å². The first-order valence-electron chi connectivity index (χ1n) is 9.58. The Labute approximate surface area is 176 Å². The summed E-state index contributed by atoms with van der Waals surface area (Å²) in [4.78, 5) is 23.2. The second-order valence-corrected chi connectivity index (χ2v) is 8.35. The summed E-state index contributed by atoms with van der Waals surface area (Å²) in [7, 11) is 0. The highest BCUT2D eigenvalue weighted by Crippen LogP contribution is 2.31. The van der Waals surface area contributed by atoms with Gasteiger partial charge in [0.25, 0.3) is 5.91 Å². The number of benzene rings is 1. The van der Waals surface area contributed by atoms with Crippen LogP contribution in [0.1, 0.15) is 23.8 Å². The predicted molar refractivity (Wildman–Crippen MR) is 114 cm³/mol. The van der Waals surface area contributed by atoms with Gasteiger partial charge in [-0.3, -0.25) is 9.78 Å². The van der Waals surface area contributed by atoms with Gasteiger partial charge in [0.05, 0.1) is 23.1 Å². The van der Waals surface area contributed by atoms with Crippen molar-refractivity contribution in [3.8, 4) is 10.6 Å². The third-order valence-electron chi connectivity index (χ3n) is 4.99. The van der Waals surface area contributed by atoms with Gasteiger partial charge < -0.3 is 16.0 Å². The van der Waals surface area contributed by atoms with Gasteiger partial charge in [-0.05, 0) is 30.5 Å². The Morgan fingerprint density at radius 2 is 2.03 bits per heavy atom. The van der Waals surface area contributed by atoms with Crippen LogP contribution in [0.2, 0.25) is 0 Å². The first-order chi connectivity index (χ1) is 14.4. The van der Waals surface area contributed by atoms with Crippen LogP contribution in [-0.2, 0) is 0 Å². The highest BCUT2D eigenvalue weighted by Gasteiger charge is 2.25. The molecule has 3 aromatic rings. The van der Waals surface area contributed by atoms with Crippen molar-refractivity contribution in [2.75, 3.05) is 23.3 Å². The van der Waals surface area contributed by atoms with E-state index in [1.54, 1.807) is 12.4 Å². The molecule has 30 heavy (non-hydrogen) atoms. The number of hydrogen-bond donors (Lipinski definition) is 2. The predicted octanol–water partition coefficient (Wildman–Crippen LogP) is 3.91. The van der Waals surface area contributed by atoms with Gasteiger partial charge in [0.15, 0.2) is 0 Å². The lowest BCUT2D eigenvalue weighted by molar-refractivity contribution is 0.102. The molecule has 9 heteroatoms. The number of halogens is 2. The summed E-state index contributed by atoms with van der Waals surface area (Å²) in [6.07, 6.45) is 4.19.